The van der Waals surface area contributed by atoms with Gasteiger partial charge < -0.3 is 10.6 Å². The first-order chi connectivity index (χ1) is 8.19. The first-order valence-corrected chi connectivity index (χ1v) is 6.44. The highest BCUT2D eigenvalue weighted by Gasteiger charge is 2.12. The molecule has 0 heterocycles. The van der Waals surface area contributed by atoms with Crippen LogP contribution in [0.5, 0.6) is 0 Å². The van der Waals surface area contributed by atoms with Crippen LogP contribution in [0.1, 0.15) is 33.1 Å². The third kappa shape index (κ3) is 4.35. The molecule has 0 bridgehead atoms. The van der Waals surface area contributed by atoms with Crippen molar-refractivity contribution in [3.63, 3.8) is 0 Å². The molecule has 0 spiro atoms. The summed E-state index contributed by atoms with van der Waals surface area (Å²) in [5.41, 5.74) is 6.71. The lowest BCUT2D eigenvalue weighted by Crippen LogP contribution is -2.37. The summed E-state index contributed by atoms with van der Waals surface area (Å²) < 4.78 is 13.6. The fourth-order valence-electron chi connectivity index (χ4n) is 1.95. The lowest BCUT2D eigenvalue weighted by Gasteiger charge is -2.26. The summed E-state index contributed by atoms with van der Waals surface area (Å²) >= 11 is 0. The van der Waals surface area contributed by atoms with E-state index in [1.165, 1.54) is 6.07 Å². The molecule has 1 aromatic carbocycles. The van der Waals surface area contributed by atoms with Gasteiger partial charge in [-0.25, -0.2) is 4.39 Å². The number of para-hydroxylation sites is 1. The van der Waals surface area contributed by atoms with Crippen LogP contribution in [-0.4, -0.2) is 19.1 Å². The maximum atomic E-state index is 13.6. The van der Waals surface area contributed by atoms with Crippen LogP contribution in [0.15, 0.2) is 24.3 Å². The molecule has 0 amide bonds. The molecule has 0 aliphatic carbocycles. The molecule has 3 heteroatoms. The molecule has 0 saturated heterocycles. The predicted molar refractivity (Wildman–Crippen MR) is 71.8 cm³/mol. The molecular formula is C14H23FN2. The van der Waals surface area contributed by atoms with Gasteiger partial charge in [0.15, 0.2) is 0 Å². The lowest BCUT2D eigenvalue weighted by atomic mass is 10.1. The molecule has 0 fully saturated rings. The minimum Gasteiger partial charge on any atom is -0.368 e. The van der Waals surface area contributed by atoms with E-state index in [4.69, 9.17) is 5.73 Å². The van der Waals surface area contributed by atoms with Gasteiger partial charge in [0.25, 0.3) is 0 Å². The summed E-state index contributed by atoms with van der Waals surface area (Å²) in [6.07, 6.45) is 3.29. The Balaban J connectivity index is 2.62. The van der Waals surface area contributed by atoms with Gasteiger partial charge in [0, 0.05) is 19.1 Å². The van der Waals surface area contributed by atoms with Crippen molar-refractivity contribution in [2.24, 2.45) is 5.73 Å². The van der Waals surface area contributed by atoms with E-state index in [1.807, 2.05) is 24.0 Å². The number of hydrogen-bond donors (Lipinski definition) is 1. The van der Waals surface area contributed by atoms with Crippen LogP contribution >= 0.6 is 0 Å². The van der Waals surface area contributed by atoms with Gasteiger partial charge in [-0.15, -0.1) is 0 Å². The van der Waals surface area contributed by atoms with Crippen molar-refractivity contribution in [2.75, 3.05) is 18.0 Å². The normalized spacial score (nSPS) is 12.5. The second-order valence-corrected chi connectivity index (χ2v) is 4.39. The monoisotopic (exact) mass is 238 g/mol. The van der Waals surface area contributed by atoms with E-state index in [9.17, 15) is 4.39 Å². The highest BCUT2D eigenvalue weighted by molar-refractivity contribution is 5.47. The Kier molecular flexibility index (Phi) is 5.98. The van der Waals surface area contributed by atoms with Crippen LogP contribution in [0.25, 0.3) is 0 Å². The van der Waals surface area contributed by atoms with Gasteiger partial charge in [-0.05, 0) is 25.5 Å². The van der Waals surface area contributed by atoms with Crippen LogP contribution in [0, 0.1) is 5.82 Å². The topological polar surface area (TPSA) is 29.3 Å². The zero-order valence-corrected chi connectivity index (χ0v) is 10.8. The highest BCUT2D eigenvalue weighted by Crippen LogP contribution is 2.18. The smallest absolute Gasteiger partial charge is 0.146 e. The number of halogens is 1. The van der Waals surface area contributed by atoms with Gasteiger partial charge in [0.2, 0.25) is 0 Å². The summed E-state index contributed by atoms with van der Waals surface area (Å²) in [5.74, 6) is -0.169. The van der Waals surface area contributed by atoms with Crippen LogP contribution in [0.4, 0.5) is 10.1 Å². The Hall–Kier alpha value is -1.09. The number of likely N-dealkylation sites (N-methyl/N-ethyl adjacent to an activating group) is 1. The van der Waals surface area contributed by atoms with E-state index in [2.05, 4.69) is 6.92 Å². The van der Waals surface area contributed by atoms with Crippen LogP contribution in [0.3, 0.4) is 0 Å². The first kappa shape index (κ1) is 14.0. The van der Waals surface area contributed by atoms with Gasteiger partial charge in [0.1, 0.15) is 5.82 Å². The van der Waals surface area contributed by atoms with E-state index < -0.39 is 0 Å². The lowest BCUT2D eigenvalue weighted by molar-refractivity contribution is 0.554. The van der Waals surface area contributed by atoms with Crippen molar-refractivity contribution in [3.8, 4) is 0 Å². The van der Waals surface area contributed by atoms with E-state index in [0.717, 1.165) is 32.4 Å². The van der Waals surface area contributed by atoms with E-state index in [-0.39, 0.29) is 11.9 Å². The maximum Gasteiger partial charge on any atom is 0.146 e. The van der Waals surface area contributed by atoms with Gasteiger partial charge in [-0.3, -0.25) is 0 Å². The SMILES string of the molecule is CCCCC(N)CN(CC)c1ccccc1F. The molecular weight excluding hydrogens is 215 g/mol. The van der Waals surface area contributed by atoms with Gasteiger partial charge in [-0.1, -0.05) is 31.9 Å². The number of anilines is 1. The largest absolute Gasteiger partial charge is 0.368 e. The molecule has 96 valence electrons. The molecule has 17 heavy (non-hydrogen) atoms. The summed E-state index contributed by atoms with van der Waals surface area (Å²) in [7, 11) is 0. The Bertz CT molecular complexity index is 328. The van der Waals surface area contributed by atoms with Crippen molar-refractivity contribution < 1.29 is 4.39 Å². The maximum absolute atomic E-state index is 13.6. The number of hydrogen-bond acceptors (Lipinski definition) is 2. The van der Waals surface area contributed by atoms with Crippen molar-refractivity contribution in [2.45, 2.75) is 39.2 Å². The molecule has 1 aromatic rings. The molecule has 0 radical (unpaired) electrons. The zero-order valence-electron chi connectivity index (χ0n) is 10.8. The van der Waals surface area contributed by atoms with Crippen LogP contribution < -0.4 is 10.6 Å². The highest BCUT2D eigenvalue weighted by atomic mass is 19.1. The molecule has 1 rings (SSSR count). The average molecular weight is 238 g/mol. The second kappa shape index (κ2) is 7.28. The van der Waals surface area contributed by atoms with Crippen molar-refractivity contribution in [1.82, 2.24) is 0 Å². The zero-order chi connectivity index (χ0) is 12.7. The summed E-state index contributed by atoms with van der Waals surface area (Å²) in [6, 6.07) is 7.00. The standard InChI is InChI=1S/C14H23FN2/c1-3-5-8-12(16)11-17(4-2)14-10-7-6-9-13(14)15/h6-7,9-10,12H,3-5,8,11,16H2,1-2H3. The van der Waals surface area contributed by atoms with Gasteiger partial charge in [-0.2, -0.15) is 0 Å². The number of nitrogens with zero attached hydrogens (tertiary/aromatic N) is 1. The Labute approximate surface area is 104 Å². The number of unbranched alkanes of at least 4 members (excludes halogenated alkanes) is 1. The second-order valence-electron chi connectivity index (χ2n) is 4.39. The Morgan fingerprint density at radius 2 is 2.00 bits per heavy atom. The summed E-state index contributed by atoms with van der Waals surface area (Å²) in [6.45, 7) is 5.68. The van der Waals surface area contributed by atoms with Gasteiger partial charge in [0.05, 0.1) is 5.69 Å². The Morgan fingerprint density at radius 3 is 2.59 bits per heavy atom. The third-order valence-corrected chi connectivity index (χ3v) is 2.96. The van der Waals surface area contributed by atoms with Crippen molar-refractivity contribution in [3.05, 3.63) is 30.1 Å². The van der Waals surface area contributed by atoms with E-state index in [0.29, 0.717) is 5.69 Å². The Morgan fingerprint density at radius 1 is 1.29 bits per heavy atom. The molecule has 0 aliphatic rings. The minimum atomic E-state index is -0.169. The molecule has 2 N–H and O–H groups in total. The van der Waals surface area contributed by atoms with Crippen molar-refractivity contribution >= 4 is 5.69 Å². The molecule has 0 aliphatic heterocycles. The molecule has 1 atom stereocenters. The third-order valence-electron chi connectivity index (χ3n) is 2.96. The van der Waals surface area contributed by atoms with Gasteiger partial charge >= 0.3 is 0 Å². The fourth-order valence-corrected chi connectivity index (χ4v) is 1.95. The molecule has 1 unspecified atom stereocenters. The van der Waals surface area contributed by atoms with Crippen molar-refractivity contribution in [1.29, 1.82) is 0 Å². The number of nitrogens with two attached hydrogens (primary N) is 1. The molecule has 2 nitrogen and oxygen atoms in total. The fraction of sp³-hybridized carbons (Fsp3) is 0.571. The van der Waals surface area contributed by atoms with E-state index >= 15 is 0 Å². The minimum absolute atomic E-state index is 0.120. The average Bonchev–Trinajstić information content (AvgIpc) is 2.34. The summed E-state index contributed by atoms with van der Waals surface area (Å²) in [5, 5.41) is 0. The molecule has 0 aromatic heterocycles. The van der Waals surface area contributed by atoms with E-state index in [1.54, 1.807) is 6.07 Å². The van der Waals surface area contributed by atoms with Crippen LogP contribution in [-0.2, 0) is 0 Å². The quantitative estimate of drug-likeness (QED) is 0.790. The number of benzene rings is 1. The molecule has 0 saturated carbocycles. The van der Waals surface area contributed by atoms with Crippen LogP contribution in [0.2, 0.25) is 0 Å². The first-order valence-electron chi connectivity index (χ1n) is 6.44. The predicted octanol–water partition coefficient (Wildman–Crippen LogP) is 3.17. The number of rotatable bonds is 7. The summed E-state index contributed by atoms with van der Waals surface area (Å²) in [4.78, 5) is 2.01.